The number of ether oxygens (including phenoxy) is 1. The Kier molecular flexibility index (Phi) is 6.42. The molecule has 0 rings (SSSR count). The summed E-state index contributed by atoms with van der Waals surface area (Å²) in [5.74, 6) is 2.13. The molecule has 0 radical (unpaired) electrons. The van der Waals surface area contributed by atoms with Crippen LogP contribution >= 0.6 is 11.8 Å². The molecule has 0 saturated carbocycles. The number of thioether (sulfide) groups is 1. The predicted octanol–water partition coefficient (Wildman–Crippen LogP) is 1.94. The number of methoxy groups -OCH3 is 1. The molecule has 0 spiro atoms. The molecule has 0 unspecified atom stereocenters. The Morgan fingerprint density at radius 1 is 1.55 bits per heavy atom. The van der Waals surface area contributed by atoms with Gasteiger partial charge in [0.05, 0.1) is 12.9 Å². The van der Waals surface area contributed by atoms with Crippen LogP contribution in [0, 0.1) is 5.92 Å². The molecule has 0 heterocycles. The zero-order valence-electron chi connectivity index (χ0n) is 7.42. The van der Waals surface area contributed by atoms with E-state index in [2.05, 4.69) is 18.6 Å². The van der Waals surface area contributed by atoms with Crippen molar-refractivity contribution in [2.45, 2.75) is 20.3 Å². The predicted molar refractivity (Wildman–Crippen MR) is 48.8 cm³/mol. The van der Waals surface area contributed by atoms with Gasteiger partial charge in [0.15, 0.2) is 0 Å². The van der Waals surface area contributed by atoms with E-state index in [0.717, 1.165) is 11.7 Å². The first-order chi connectivity index (χ1) is 5.16. The normalized spacial score (nSPS) is 10.2. The zero-order valence-corrected chi connectivity index (χ0v) is 8.24. The van der Waals surface area contributed by atoms with E-state index >= 15 is 0 Å². The summed E-state index contributed by atoms with van der Waals surface area (Å²) in [7, 11) is 1.42. The molecule has 0 atom stereocenters. The maximum atomic E-state index is 10.6. The SMILES string of the molecule is COC(=O)CSCCC(C)C. The third kappa shape index (κ3) is 7.72. The van der Waals surface area contributed by atoms with Gasteiger partial charge in [0, 0.05) is 0 Å². The van der Waals surface area contributed by atoms with Gasteiger partial charge in [-0.15, -0.1) is 0 Å². The van der Waals surface area contributed by atoms with Crippen LogP contribution in [0.4, 0.5) is 0 Å². The first-order valence-corrected chi connectivity index (χ1v) is 4.97. The lowest BCUT2D eigenvalue weighted by atomic mass is 10.2. The molecular weight excluding hydrogens is 160 g/mol. The molecule has 0 bridgehead atoms. The number of carbonyl (C=O) groups excluding carboxylic acids is 1. The van der Waals surface area contributed by atoms with E-state index in [9.17, 15) is 4.79 Å². The number of carbonyl (C=O) groups is 1. The molecule has 0 aliphatic heterocycles. The van der Waals surface area contributed by atoms with Crippen molar-refractivity contribution in [1.29, 1.82) is 0 Å². The fourth-order valence-corrected chi connectivity index (χ4v) is 1.60. The number of hydrogen-bond acceptors (Lipinski definition) is 3. The molecule has 66 valence electrons. The Morgan fingerprint density at radius 3 is 2.64 bits per heavy atom. The summed E-state index contributed by atoms with van der Waals surface area (Å²) in [4.78, 5) is 10.6. The lowest BCUT2D eigenvalue weighted by Gasteiger charge is -2.02. The quantitative estimate of drug-likeness (QED) is 0.473. The minimum absolute atomic E-state index is 0.126. The molecule has 0 aliphatic carbocycles. The van der Waals surface area contributed by atoms with Gasteiger partial charge in [0.2, 0.25) is 0 Å². The molecular formula is C8H16O2S. The van der Waals surface area contributed by atoms with Crippen LogP contribution in [0.1, 0.15) is 20.3 Å². The lowest BCUT2D eigenvalue weighted by molar-refractivity contribution is -0.137. The van der Waals surface area contributed by atoms with Crippen molar-refractivity contribution in [2.75, 3.05) is 18.6 Å². The van der Waals surface area contributed by atoms with Crippen LogP contribution in [0.15, 0.2) is 0 Å². The summed E-state index contributed by atoms with van der Waals surface area (Å²) < 4.78 is 4.50. The Labute approximate surface area is 72.7 Å². The van der Waals surface area contributed by atoms with E-state index in [1.165, 1.54) is 13.5 Å². The van der Waals surface area contributed by atoms with Crippen LogP contribution in [0.5, 0.6) is 0 Å². The lowest BCUT2D eigenvalue weighted by Crippen LogP contribution is -2.04. The van der Waals surface area contributed by atoms with Gasteiger partial charge in [-0.05, 0) is 18.1 Å². The highest BCUT2D eigenvalue weighted by molar-refractivity contribution is 7.99. The average Bonchev–Trinajstić information content (AvgIpc) is 1.97. The van der Waals surface area contributed by atoms with E-state index in [4.69, 9.17) is 0 Å². The Hall–Kier alpha value is -0.180. The summed E-state index contributed by atoms with van der Waals surface area (Å²) in [5, 5.41) is 0. The molecule has 0 aliphatic rings. The average molecular weight is 176 g/mol. The van der Waals surface area contributed by atoms with Crippen LogP contribution in [-0.4, -0.2) is 24.6 Å². The van der Waals surface area contributed by atoms with Crippen molar-refractivity contribution >= 4 is 17.7 Å². The Morgan fingerprint density at radius 2 is 2.18 bits per heavy atom. The number of hydrogen-bond donors (Lipinski definition) is 0. The highest BCUT2D eigenvalue weighted by Gasteiger charge is 2.00. The van der Waals surface area contributed by atoms with Crippen LogP contribution in [-0.2, 0) is 9.53 Å². The number of esters is 1. The molecule has 0 aromatic rings. The summed E-state index contributed by atoms with van der Waals surface area (Å²) in [6.07, 6.45) is 1.17. The monoisotopic (exact) mass is 176 g/mol. The van der Waals surface area contributed by atoms with E-state index in [0.29, 0.717) is 5.75 Å². The van der Waals surface area contributed by atoms with Gasteiger partial charge < -0.3 is 4.74 Å². The van der Waals surface area contributed by atoms with Crippen molar-refractivity contribution < 1.29 is 9.53 Å². The summed E-state index contributed by atoms with van der Waals surface area (Å²) >= 11 is 1.64. The van der Waals surface area contributed by atoms with Crippen molar-refractivity contribution in [3.63, 3.8) is 0 Å². The van der Waals surface area contributed by atoms with E-state index in [1.54, 1.807) is 11.8 Å². The smallest absolute Gasteiger partial charge is 0.315 e. The second-order valence-corrected chi connectivity index (χ2v) is 3.92. The van der Waals surface area contributed by atoms with Crippen molar-refractivity contribution in [3.05, 3.63) is 0 Å². The fraction of sp³-hybridized carbons (Fsp3) is 0.875. The van der Waals surface area contributed by atoms with Gasteiger partial charge in [0.1, 0.15) is 0 Å². The van der Waals surface area contributed by atoms with Crippen LogP contribution in [0.25, 0.3) is 0 Å². The van der Waals surface area contributed by atoms with E-state index in [1.807, 2.05) is 0 Å². The molecule has 0 aromatic carbocycles. The zero-order chi connectivity index (χ0) is 8.69. The molecule has 0 aromatic heterocycles. The topological polar surface area (TPSA) is 26.3 Å². The van der Waals surface area contributed by atoms with E-state index < -0.39 is 0 Å². The first-order valence-electron chi connectivity index (χ1n) is 3.81. The number of rotatable bonds is 5. The molecule has 0 N–H and O–H groups in total. The van der Waals surface area contributed by atoms with Crippen molar-refractivity contribution in [2.24, 2.45) is 5.92 Å². The van der Waals surface area contributed by atoms with E-state index in [-0.39, 0.29) is 5.97 Å². The third-order valence-corrected chi connectivity index (χ3v) is 2.25. The van der Waals surface area contributed by atoms with Gasteiger partial charge in [-0.3, -0.25) is 4.79 Å². The summed E-state index contributed by atoms with van der Waals surface area (Å²) in [6.45, 7) is 4.36. The second kappa shape index (κ2) is 6.53. The van der Waals surface area contributed by atoms with Gasteiger partial charge >= 0.3 is 5.97 Å². The van der Waals surface area contributed by atoms with Crippen molar-refractivity contribution in [3.8, 4) is 0 Å². The van der Waals surface area contributed by atoms with Crippen LogP contribution < -0.4 is 0 Å². The van der Waals surface area contributed by atoms with Gasteiger partial charge in [-0.2, -0.15) is 11.8 Å². The molecule has 3 heteroatoms. The molecule has 0 fully saturated rings. The van der Waals surface area contributed by atoms with Gasteiger partial charge in [-0.1, -0.05) is 13.8 Å². The first kappa shape index (κ1) is 10.8. The highest BCUT2D eigenvalue weighted by Crippen LogP contribution is 2.08. The van der Waals surface area contributed by atoms with Crippen molar-refractivity contribution in [1.82, 2.24) is 0 Å². The van der Waals surface area contributed by atoms with Gasteiger partial charge in [0.25, 0.3) is 0 Å². The van der Waals surface area contributed by atoms with Crippen LogP contribution in [0.3, 0.4) is 0 Å². The molecule has 0 amide bonds. The molecule has 2 nitrogen and oxygen atoms in total. The highest BCUT2D eigenvalue weighted by atomic mass is 32.2. The third-order valence-electron chi connectivity index (χ3n) is 1.29. The summed E-state index contributed by atoms with van der Waals surface area (Å²) in [6, 6.07) is 0. The van der Waals surface area contributed by atoms with Gasteiger partial charge in [-0.25, -0.2) is 0 Å². The maximum Gasteiger partial charge on any atom is 0.315 e. The molecule has 0 saturated heterocycles. The maximum absolute atomic E-state index is 10.6. The Balaban J connectivity index is 3.08. The second-order valence-electron chi connectivity index (χ2n) is 2.81. The van der Waals surface area contributed by atoms with Crippen LogP contribution in [0.2, 0.25) is 0 Å². The largest absolute Gasteiger partial charge is 0.468 e. The Bertz CT molecular complexity index is 113. The summed E-state index contributed by atoms with van der Waals surface area (Å²) in [5.41, 5.74) is 0. The fourth-order valence-electron chi connectivity index (χ4n) is 0.533. The standard InChI is InChI=1S/C8H16O2S/c1-7(2)4-5-11-6-8(9)10-3/h7H,4-6H2,1-3H3. The minimum atomic E-state index is -0.126. The minimum Gasteiger partial charge on any atom is -0.468 e. The molecule has 11 heavy (non-hydrogen) atoms.